The van der Waals surface area contributed by atoms with E-state index >= 15 is 0 Å². The first-order chi connectivity index (χ1) is 6.02. The van der Waals surface area contributed by atoms with Crippen molar-refractivity contribution in [3.05, 3.63) is 29.6 Å². The predicted octanol–water partition coefficient (Wildman–Crippen LogP) is -4.66. The Bertz CT molecular complexity index is 394. The molecule has 0 aliphatic heterocycles. The van der Waals surface area contributed by atoms with E-state index in [2.05, 4.69) is 0 Å². The first-order valence-electron chi connectivity index (χ1n) is 3.16. The number of carboxylic acids is 1. The second-order valence-corrected chi connectivity index (χ2v) is 3.14. The first-order valence-corrected chi connectivity index (χ1v) is 4.26. The molecular formula is C7H7FNa2O4S. The molecule has 1 aromatic rings. The van der Waals surface area contributed by atoms with Gasteiger partial charge in [-0.2, -0.15) is 0 Å². The van der Waals surface area contributed by atoms with Crippen molar-refractivity contribution in [2.75, 3.05) is 0 Å². The van der Waals surface area contributed by atoms with Gasteiger partial charge in [-0.25, -0.2) is 13.4 Å². The molecule has 0 saturated heterocycles. The van der Waals surface area contributed by atoms with Crippen molar-refractivity contribution in [3.8, 4) is 0 Å². The van der Waals surface area contributed by atoms with Crippen LogP contribution >= 0.6 is 0 Å². The number of carboxylic acid groups (broad SMARTS) is 1. The van der Waals surface area contributed by atoms with Crippen LogP contribution in [0.25, 0.3) is 0 Å². The van der Waals surface area contributed by atoms with Gasteiger partial charge in [0.05, 0.1) is 5.56 Å². The zero-order valence-electron chi connectivity index (χ0n) is 10.2. The van der Waals surface area contributed by atoms with Crippen molar-refractivity contribution in [3.63, 3.8) is 0 Å². The number of benzene rings is 1. The van der Waals surface area contributed by atoms with E-state index in [0.29, 0.717) is 0 Å². The summed E-state index contributed by atoms with van der Waals surface area (Å²) in [5.41, 5.74) is -0.223. The largest absolute Gasteiger partial charge is 1.00 e. The van der Waals surface area contributed by atoms with E-state index in [4.69, 9.17) is 9.66 Å². The van der Waals surface area contributed by atoms with Crippen LogP contribution in [0.2, 0.25) is 0 Å². The van der Waals surface area contributed by atoms with Crippen LogP contribution in [-0.2, 0) is 11.1 Å². The van der Waals surface area contributed by atoms with Gasteiger partial charge in [0.15, 0.2) is 11.1 Å². The summed E-state index contributed by atoms with van der Waals surface area (Å²) in [7, 11) is 0. The average molecular weight is 252 g/mol. The average Bonchev–Trinajstić information content (AvgIpc) is 2.04. The second kappa shape index (κ2) is 7.92. The predicted molar refractivity (Wildman–Crippen MR) is 44.6 cm³/mol. The molecule has 0 heterocycles. The Balaban J connectivity index is -0.000000211. The van der Waals surface area contributed by atoms with E-state index in [-0.39, 0.29) is 67.5 Å². The molecular weight excluding hydrogens is 245 g/mol. The van der Waals surface area contributed by atoms with Gasteiger partial charge in [0, 0.05) is 0 Å². The van der Waals surface area contributed by atoms with Gasteiger partial charge in [-0.05, 0) is 18.2 Å². The summed E-state index contributed by atoms with van der Waals surface area (Å²) < 4.78 is 31.8. The Morgan fingerprint density at radius 2 is 1.93 bits per heavy atom. The summed E-state index contributed by atoms with van der Waals surface area (Å²) in [4.78, 5) is 9.86. The summed E-state index contributed by atoms with van der Waals surface area (Å²) in [5.74, 6) is -2.17. The number of rotatable bonds is 2. The summed E-state index contributed by atoms with van der Waals surface area (Å²) in [6, 6.07) is 2.69. The Hall–Kier alpha value is 0.730. The quantitative estimate of drug-likeness (QED) is 0.410. The minimum Gasteiger partial charge on any atom is -1.00 e. The van der Waals surface area contributed by atoms with Crippen molar-refractivity contribution >= 4 is 17.0 Å². The van der Waals surface area contributed by atoms with Gasteiger partial charge in [0.2, 0.25) is 0 Å². The maximum Gasteiger partial charge on any atom is 1.00 e. The van der Waals surface area contributed by atoms with Crippen LogP contribution in [0.5, 0.6) is 0 Å². The van der Waals surface area contributed by atoms with E-state index in [9.17, 15) is 13.4 Å². The minimum absolute atomic E-state index is 0. The van der Waals surface area contributed by atoms with Gasteiger partial charge in [-0.1, -0.05) is 0 Å². The SMILES string of the molecule is O=C(O)c1ccc(F)c(S(=O)O)c1.[H-].[H-].[Na+].[Na+]. The molecule has 0 saturated carbocycles. The van der Waals surface area contributed by atoms with Crippen LogP contribution in [0, 0.1) is 5.82 Å². The molecule has 4 nitrogen and oxygen atoms in total. The summed E-state index contributed by atoms with van der Waals surface area (Å²) in [6.07, 6.45) is 0. The molecule has 0 aromatic heterocycles. The van der Waals surface area contributed by atoms with Crippen molar-refractivity contribution < 1.29 is 85.0 Å². The van der Waals surface area contributed by atoms with Crippen molar-refractivity contribution in [1.82, 2.24) is 0 Å². The van der Waals surface area contributed by atoms with Crippen molar-refractivity contribution in [2.24, 2.45) is 0 Å². The summed E-state index contributed by atoms with van der Waals surface area (Å²) in [5, 5.41) is 8.48. The van der Waals surface area contributed by atoms with Crippen molar-refractivity contribution in [1.29, 1.82) is 0 Å². The fraction of sp³-hybridized carbons (Fsp3) is 0. The monoisotopic (exact) mass is 252 g/mol. The van der Waals surface area contributed by atoms with E-state index in [1.54, 1.807) is 0 Å². The molecule has 1 aromatic carbocycles. The van der Waals surface area contributed by atoms with Crippen LogP contribution in [0.3, 0.4) is 0 Å². The Morgan fingerprint density at radius 1 is 1.40 bits per heavy atom. The maximum atomic E-state index is 12.7. The summed E-state index contributed by atoms with van der Waals surface area (Å²) in [6.45, 7) is 0. The van der Waals surface area contributed by atoms with E-state index in [0.717, 1.165) is 18.2 Å². The number of hydrogen-bond donors (Lipinski definition) is 2. The van der Waals surface area contributed by atoms with Crippen LogP contribution < -0.4 is 59.1 Å². The molecule has 0 radical (unpaired) electrons. The molecule has 1 unspecified atom stereocenters. The van der Waals surface area contributed by atoms with Crippen molar-refractivity contribution in [2.45, 2.75) is 4.90 Å². The smallest absolute Gasteiger partial charge is 1.00 e. The molecule has 0 amide bonds. The number of aromatic carboxylic acids is 1. The third-order valence-corrected chi connectivity index (χ3v) is 2.06. The zero-order chi connectivity index (χ0) is 10.0. The van der Waals surface area contributed by atoms with E-state index in [1.807, 2.05) is 0 Å². The van der Waals surface area contributed by atoms with E-state index < -0.39 is 27.8 Å². The molecule has 0 spiro atoms. The molecule has 1 rings (SSSR count). The molecule has 8 heteroatoms. The van der Waals surface area contributed by atoms with Gasteiger partial charge in [0.25, 0.3) is 0 Å². The molecule has 74 valence electrons. The van der Waals surface area contributed by atoms with Crippen LogP contribution in [0.15, 0.2) is 23.1 Å². The standard InChI is InChI=1S/C7H5FO4S.2Na.2H/c8-5-2-1-4(7(9)10)3-6(5)13(11)12;;;;/h1-3H,(H,9,10)(H,11,12);;;;/q;2*+1;2*-1. The second-order valence-electron chi connectivity index (χ2n) is 2.20. The van der Waals surface area contributed by atoms with Gasteiger partial charge in [0.1, 0.15) is 10.7 Å². The molecule has 0 bridgehead atoms. The van der Waals surface area contributed by atoms with Gasteiger partial charge in [-0.3, -0.25) is 0 Å². The molecule has 0 fully saturated rings. The Morgan fingerprint density at radius 3 is 2.33 bits per heavy atom. The Labute approximate surface area is 135 Å². The van der Waals surface area contributed by atoms with Gasteiger partial charge < -0.3 is 12.5 Å². The van der Waals surface area contributed by atoms with E-state index in [1.165, 1.54) is 0 Å². The third-order valence-electron chi connectivity index (χ3n) is 1.37. The third kappa shape index (κ3) is 5.06. The summed E-state index contributed by atoms with van der Waals surface area (Å²) >= 11 is -2.51. The van der Waals surface area contributed by atoms with Crippen LogP contribution in [-0.4, -0.2) is 19.8 Å². The molecule has 0 aliphatic carbocycles. The topological polar surface area (TPSA) is 74.6 Å². The van der Waals surface area contributed by atoms with Gasteiger partial charge >= 0.3 is 65.1 Å². The molecule has 15 heavy (non-hydrogen) atoms. The fourth-order valence-corrected chi connectivity index (χ4v) is 1.23. The number of halogens is 1. The zero-order valence-corrected chi connectivity index (χ0v) is 13.0. The fourth-order valence-electron chi connectivity index (χ4n) is 0.770. The maximum absolute atomic E-state index is 12.7. The number of hydrogen-bond acceptors (Lipinski definition) is 2. The van der Waals surface area contributed by atoms with Crippen LogP contribution in [0.1, 0.15) is 13.2 Å². The molecule has 0 aliphatic rings. The Kier molecular flexibility index (Phi) is 9.55. The van der Waals surface area contributed by atoms with Gasteiger partial charge in [-0.15, -0.1) is 0 Å². The number of carbonyl (C=O) groups is 1. The van der Waals surface area contributed by atoms with Crippen LogP contribution in [0.4, 0.5) is 4.39 Å². The molecule has 1 atom stereocenters. The normalized spacial score (nSPS) is 10.8. The first kappa shape index (κ1) is 18.1. The minimum atomic E-state index is -2.51. The molecule has 2 N–H and O–H groups in total.